The van der Waals surface area contributed by atoms with E-state index in [1.165, 1.54) is 25.7 Å². The molecule has 1 amide bonds. The van der Waals surface area contributed by atoms with E-state index in [0.29, 0.717) is 11.8 Å². The summed E-state index contributed by atoms with van der Waals surface area (Å²) < 4.78 is 0. The van der Waals surface area contributed by atoms with Gasteiger partial charge in [-0.05, 0) is 18.3 Å². The molecular formula is C12H25NO. The van der Waals surface area contributed by atoms with Crippen molar-refractivity contribution in [2.24, 2.45) is 11.1 Å². The molecule has 2 N–H and O–H groups in total. The summed E-state index contributed by atoms with van der Waals surface area (Å²) in [6.07, 6.45) is 7.79. The molecule has 0 heterocycles. The second-order valence-electron chi connectivity index (χ2n) is 5.29. The summed E-state index contributed by atoms with van der Waals surface area (Å²) >= 11 is 0. The lowest BCUT2D eigenvalue weighted by Crippen LogP contribution is -2.09. The van der Waals surface area contributed by atoms with Crippen LogP contribution in [0.4, 0.5) is 0 Å². The molecule has 0 rings (SSSR count). The zero-order chi connectivity index (χ0) is 11.0. The van der Waals surface area contributed by atoms with Crippen molar-refractivity contribution in [1.82, 2.24) is 0 Å². The quantitative estimate of drug-likeness (QED) is 0.628. The summed E-state index contributed by atoms with van der Waals surface area (Å²) in [5, 5.41) is 0. The summed E-state index contributed by atoms with van der Waals surface area (Å²) in [5.41, 5.74) is 5.52. The summed E-state index contributed by atoms with van der Waals surface area (Å²) in [6, 6.07) is 0. The van der Waals surface area contributed by atoms with E-state index in [1.54, 1.807) is 0 Å². The SMILES string of the molecule is CC(C)(C)CCCCCCCC(N)=O. The zero-order valence-electron chi connectivity index (χ0n) is 9.94. The van der Waals surface area contributed by atoms with Crippen molar-refractivity contribution in [1.29, 1.82) is 0 Å². The monoisotopic (exact) mass is 199 g/mol. The van der Waals surface area contributed by atoms with E-state index in [-0.39, 0.29) is 5.91 Å². The molecule has 0 aromatic heterocycles. The fourth-order valence-electron chi connectivity index (χ4n) is 1.48. The largest absolute Gasteiger partial charge is 0.370 e. The van der Waals surface area contributed by atoms with Crippen molar-refractivity contribution in [3.8, 4) is 0 Å². The van der Waals surface area contributed by atoms with Crippen LogP contribution in [0.2, 0.25) is 0 Å². The first kappa shape index (κ1) is 13.5. The van der Waals surface area contributed by atoms with Gasteiger partial charge < -0.3 is 5.73 Å². The predicted octanol–water partition coefficient (Wildman–Crippen LogP) is 3.25. The minimum Gasteiger partial charge on any atom is -0.370 e. The first-order valence-electron chi connectivity index (χ1n) is 5.70. The topological polar surface area (TPSA) is 43.1 Å². The molecule has 0 radical (unpaired) electrons. The first-order chi connectivity index (χ1) is 6.42. The van der Waals surface area contributed by atoms with Gasteiger partial charge in [0.15, 0.2) is 0 Å². The van der Waals surface area contributed by atoms with Crippen molar-refractivity contribution >= 4 is 5.91 Å². The highest BCUT2D eigenvalue weighted by molar-refractivity contribution is 5.73. The van der Waals surface area contributed by atoms with E-state index in [1.807, 2.05) is 0 Å². The van der Waals surface area contributed by atoms with Gasteiger partial charge in [0.25, 0.3) is 0 Å². The Kier molecular flexibility index (Phi) is 6.60. The third-order valence-corrected chi connectivity index (χ3v) is 2.35. The number of primary amides is 1. The minimum absolute atomic E-state index is 0.167. The molecule has 14 heavy (non-hydrogen) atoms. The molecule has 0 aliphatic heterocycles. The second kappa shape index (κ2) is 6.86. The van der Waals surface area contributed by atoms with Gasteiger partial charge >= 0.3 is 0 Å². The van der Waals surface area contributed by atoms with Crippen molar-refractivity contribution in [2.75, 3.05) is 0 Å². The summed E-state index contributed by atoms with van der Waals surface area (Å²) in [4.78, 5) is 10.4. The highest BCUT2D eigenvalue weighted by Gasteiger charge is 2.08. The summed E-state index contributed by atoms with van der Waals surface area (Å²) in [5.74, 6) is -0.167. The Hall–Kier alpha value is -0.530. The Morgan fingerprint density at radius 2 is 1.50 bits per heavy atom. The fourth-order valence-corrected chi connectivity index (χ4v) is 1.48. The molecule has 2 heteroatoms. The van der Waals surface area contributed by atoms with Gasteiger partial charge in [-0.25, -0.2) is 0 Å². The van der Waals surface area contributed by atoms with E-state index >= 15 is 0 Å². The number of rotatable bonds is 7. The maximum atomic E-state index is 10.4. The molecule has 0 saturated heterocycles. The van der Waals surface area contributed by atoms with Gasteiger partial charge in [0.2, 0.25) is 5.91 Å². The molecule has 0 aliphatic rings. The first-order valence-corrected chi connectivity index (χ1v) is 5.70. The van der Waals surface area contributed by atoms with Gasteiger partial charge in [-0.1, -0.05) is 46.5 Å². The number of amides is 1. The van der Waals surface area contributed by atoms with Crippen molar-refractivity contribution in [3.05, 3.63) is 0 Å². The Morgan fingerprint density at radius 3 is 2.00 bits per heavy atom. The third kappa shape index (κ3) is 11.5. The van der Waals surface area contributed by atoms with Crippen LogP contribution in [0.1, 0.15) is 65.7 Å². The Morgan fingerprint density at radius 1 is 1.00 bits per heavy atom. The third-order valence-electron chi connectivity index (χ3n) is 2.35. The lowest BCUT2D eigenvalue weighted by atomic mass is 9.89. The van der Waals surface area contributed by atoms with Gasteiger partial charge in [-0.2, -0.15) is 0 Å². The number of unbranched alkanes of at least 4 members (excludes halogenated alkanes) is 4. The van der Waals surface area contributed by atoms with Crippen LogP contribution in [0, 0.1) is 5.41 Å². The summed E-state index contributed by atoms with van der Waals surface area (Å²) in [6.45, 7) is 6.83. The number of hydrogen-bond acceptors (Lipinski definition) is 1. The van der Waals surface area contributed by atoms with Crippen LogP contribution in [0.15, 0.2) is 0 Å². The molecule has 0 atom stereocenters. The van der Waals surface area contributed by atoms with Crippen LogP contribution in [0.5, 0.6) is 0 Å². The second-order valence-corrected chi connectivity index (χ2v) is 5.29. The molecular weight excluding hydrogens is 174 g/mol. The molecule has 2 nitrogen and oxygen atoms in total. The molecule has 0 aliphatic carbocycles. The highest BCUT2D eigenvalue weighted by atomic mass is 16.1. The van der Waals surface area contributed by atoms with E-state index in [0.717, 1.165) is 12.8 Å². The molecule has 0 aromatic rings. The molecule has 0 bridgehead atoms. The fraction of sp³-hybridized carbons (Fsp3) is 0.917. The van der Waals surface area contributed by atoms with Gasteiger partial charge in [-0.15, -0.1) is 0 Å². The Labute approximate surface area is 88.3 Å². The van der Waals surface area contributed by atoms with Crippen LogP contribution < -0.4 is 5.73 Å². The van der Waals surface area contributed by atoms with Gasteiger partial charge in [-0.3, -0.25) is 4.79 Å². The number of hydrogen-bond donors (Lipinski definition) is 1. The maximum absolute atomic E-state index is 10.4. The van der Waals surface area contributed by atoms with E-state index < -0.39 is 0 Å². The van der Waals surface area contributed by atoms with Crippen molar-refractivity contribution < 1.29 is 4.79 Å². The standard InChI is InChI=1S/C12H25NO/c1-12(2,3)10-8-6-4-5-7-9-11(13)14/h4-10H2,1-3H3,(H2,13,14). The molecule has 0 spiro atoms. The van der Waals surface area contributed by atoms with Crippen molar-refractivity contribution in [3.63, 3.8) is 0 Å². The van der Waals surface area contributed by atoms with Crippen LogP contribution in [-0.4, -0.2) is 5.91 Å². The molecule has 0 aromatic carbocycles. The number of carbonyl (C=O) groups excluding carboxylic acids is 1. The molecule has 0 unspecified atom stereocenters. The van der Waals surface area contributed by atoms with Gasteiger partial charge in [0, 0.05) is 6.42 Å². The molecule has 0 saturated carbocycles. The smallest absolute Gasteiger partial charge is 0.217 e. The number of carbonyl (C=O) groups is 1. The normalized spacial score (nSPS) is 11.6. The van der Waals surface area contributed by atoms with Crippen LogP contribution in [-0.2, 0) is 4.79 Å². The lowest BCUT2D eigenvalue weighted by Gasteiger charge is -2.17. The average Bonchev–Trinajstić information content (AvgIpc) is 2.00. The maximum Gasteiger partial charge on any atom is 0.217 e. The van der Waals surface area contributed by atoms with Crippen LogP contribution in [0.3, 0.4) is 0 Å². The van der Waals surface area contributed by atoms with E-state index in [4.69, 9.17) is 5.73 Å². The molecule has 84 valence electrons. The lowest BCUT2D eigenvalue weighted by molar-refractivity contribution is -0.118. The van der Waals surface area contributed by atoms with Crippen LogP contribution >= 0.6 is 0 Å². The van der Waals surface area contributed by atoms with E-state index in [2.05, 4.69) is 20.8 Å². The van der Waals surface area contributed by atoms with Crippen molar-refractivity contribution in [2.45, 2.75) is 65.7 Å². The molecule has 0 fully saturated rings. The Balaban J connectivity index is 3.11. The van der Waals surface area contributed by atoms with Gasteiger partial charge in [0.1, 0.15) is 0 Å². The van der Waals surface area contributed by atoms with Gasteiger partial charge in [0.05, 0.1) is 0 Å². The highest BCUT2D eigenvalue weighted by Crippen LogP contribution is 2.22. The number of nitrogens with two attached hydrogens (primary N) is 1. The van der Waals surface area contributed by atoms with E-state index in [9.17, 15) is 4.79 Å². The average molecular weight is 199 g/mol. The zero-order valence-corrected chi connectivity index (χ0v) is 9.94. The minimum atomic E-state index is -0.167. The predicted molar refractivity (Wildman–Crippen MR) is 61.0 cm³/mol. The Bertz CT molecular complexity index is 158. The van der Waals surface area contributed by atoms with Crippen LogP contribution in [0.25, 0.3) is 0 Å². The summed E-state index contributed by atoms with van der Waals surface area (Å²) in [7, 11) is 0.